The average molecular weight is 264 g/mol. The van der Waals surface area contributed by atoms with Gasteiger partial charge in [-0.05, 0) is 31.9 Å². The predicted molar refractivity (Wildman–Crippen MR) is 75.5 cm³/mol. The monoisotopic (exact) mass is 264 g/mol. The van der Waals surface area contributed by atoms with Gasteiger partial charge in [0.25, 0.3) is 0 Å². The fourth-order valence-electron chi connectivity index (χ4n) is 1.82. The average Bonchev–Trinajstić information content (AvgIpc) is 3.07. The minimum atomic E-state index is -0.0677. The fourth-order valence-corrected chi connectivity index (χ4v) is 3.06. The van der Waals surface area contributed by atoms with Crippen LogP contribution in [0.3, 0.4) is 0 Å². The van der Waals surface area contributed by atoms with Crippen LogP contribution < -0.4 is 11.1 Å². The maximum absolute atomic E-state index is 11.6. The van der Waals surface area contributed by atoms with Crippen LogP contribution in [0.5, 0.6) is 0 Å². The van der Waals surface area contributed by atoms with Crippen molar-refractivity contribution in [3.8, 4) is 0 Å². The molecule has 98 valence electrons. The lowest BCUT2D eigenvalue weighted by Crippen LogP contribution is -2.35. The van der Waals surface area contributed by atoms with E-state index in [4.69, 9.17) is 5.73 Å². The number of benzene rings is 1. The highest BCUT2D eigenvalue weighted by molar-refractivity contribution is 8.01. The molecular weight excluding hydrogens is 244 g/mol. The third kappa shape index (κ3) is 4.03. The minimum absolute atomic E-state index is 0.0601. The Morgan fingerprint density at radius 1 is 1.44 bits per heavy atom. The first kappa shape index (κ1) is 13.4. The third-order valence-electron chi connectivity index (χ3n) is 3.00. The summed E-state index contributed by atoms with van der Waals surface area (Å²) < 4.78 is 0.217. The Morgan fingerprint density at radius 2 is 2.11 bits per heavy atom. The van der Waals surface area contributed by atoms with Crippen LogP contribution in [0.1, 0.15) is 26.2 Å². The van der Waals surface area contributed by atoms with Crippen LogP contribution in [-0.4, -0.2) is 23.2 Å². The van der Waals surface area contributed by atoms with Gasteiger partial charge >= 0.3 is 0 Å². The van der Waals surface area contributed by atoms with Gasteiger partial charge in [-0.25, -0.2) is 0 Å². The van der Waals surface area contributed by atoms with Crippen molar-refractivity contribution < 1.29 is 4.79 Å². The molecule has 0 radical (unpaired) electrons. The van der Waals surface area contributed by atoms with Crippen molar-refractivity contribution in [3.05, 3.63) is 30.3 Å². The van der Waals surface area contributed by atoms with Crippen LogP contribution in [0, 0.1) is 0 Å². The van der Waals surface area contributed by atoms with Gasteiger partial charge in [0.05, 0.1) is 0 Å². The number of hydrogen-bond donors (Lipinski definition) is 2. The Morgan fingerprint density at radius 3 is 2.67 bits per heavy atom. The number of hydrogen-bond acceptors (Lipinski definition) is 3. The number of carbonyl (C=O) groups is 1. The summed E-state index contributed by atoms with van der Waals surface area (Å²) in [5.41, 5.74) is 5.61. The van der Waals surface area contributed by atoms with Gasteiger partial charge in [-0.15, -0.1) is 11.8 Å². The van der Waals surface area contributed by atoms with Gasteiger partial charge in [-0.3, -0.25) is 4.79 Å². The normalized spacial score (nSPS) is 18.1. The number of rotatable bonds is 6. The van der Waals surface area contributed by atoms with Crippen molar-refractivity contribution in [3.63, 3.8) is 0 Å². The molecule has 0 saturated heterocycles. The number of thioether (sulfide) groups is 1. The second-order valence-corrected chi connectivity index (χ2v) is 6.60. The molecule has 1 aromatic carbocycles. The number of nitrogens with one attached hydrogen (secondary N) is 1. The smallest absolute Gasteiger partial charge is 0.221 e. The molecule has 3 nitrogen and oxygen atoms in total. The largest absolute Gasteiger partial charge is 0.355 e. The quantitative estimate of drug-likeness (QED) is 0.828. The van der Waals surface area contributed by atoms with Crippen LogP contribution in [0.25, 0.3) is 0 Å². The number of carbonyl (C=O) groups excluding carboxylic acids is 1. The summed E-state index contributed by atoms with van der Waals surface area (Å²) in [6, 6.07) is 10.3. The van der Waals surface area contributed by atoms with Gasteiger partial charge in [0, 0.05) is 28.6 Å². The Hall–Kier alpha value is -1.00. The lowest BCUT2D eigenvalue weighted by molar-refractivity contribution is -0.121. The van der Waals surface area contributed by atoms with E-state index < -0.39 is 0 Å². The van der Waals surface area contributed by atoms with Crippen molar-refractivity contribution in [1.29, 1.82) is 0 Å². The molecule has 1 aliphatic rings. The first-order chi connectivity index (χ1) is 8.60. The summed E-state index contributed by atoms with van der Waals surface area (Å²) in [6.45, 7) is 2.60. The molecule has 4 heteroatoms. The van der Waals surface area contributed by atoms with Crippen LogP contribution in [0.2, 0.25) is 0 Å². The van der Waals surface area contributed by atoms with Crippen molar-refractivity contribution in [1.82, 2.24) is 5.32 Å². The molecule has 3 N–H and O–H groups in total. The van der Waals surface area contributed by atoms with E-state index in [0.717, 1.165) is 6.54 Å². The van der Waals surface area contributed by atoms with Gasteiger partial charge < -0.3 is 11.1 Å². The van der Waals surface area contributed by atoms with Gasteiger partial charge in [-0.1, -0.05) is 18.2 Å². The van der Waals surface area contributed by atoms with E-state index in [1.165, 1.54) is 17.7 Å². The zero-order chi connectivity index (χ0) is 13.0. The molecule has 1 saturated carbocycles. The SMILES string of the molecule is CC(N)CC(=O)NCC1(Sc2ccccc2)CC1. The molecule has 1 amide bonds. The van der Waals surface area contributed by atoms with Gasteiger partial charge in [-0.2, -0.15) is 0 Å². The molecular formula is C14H20N2OS. The summed E-state index contributed by atoms with van der Waals surface area (Å²) in [7, 11) is 0. The van der Waals surface area contributed by atoms with E-state index in [0.29, 0.717) is 6.42 Å². The van der Waals surface area contributed by atoms with E-state index in [2.05, 4.69) is 17.4 Å². The molecule has 0 bridgehead atoms. The summed E-state index contributed by atoms with van der Waals surface area (Å²) >= 11 is 1.87. The molecule has 18 heavy (non-hydrogen) atoms. The van der Waals surface area contributed by atoms with Crippen molar-refractivity contribution in [2.75, 3.05) is 6.54 Å². The van der Waals surface area contributed by atoms with Gasteiger partial charge in [0.2, 0.25) is 5.91 Å². The van der Waals surface area contributed by atoms with E-state index in [1.807, 2.05) is 36.9 Å². The second kappa shape index (κ2) is 5.76. The van der Waals surface area contributed by atoms with Crippen molar-refractivity contribution in [2.45, 2.75) is 41.9 Å². The molecule has 0 aromatic heterocycles. The molecule has 1 fully saturated rings. The standard InChI is InChI=1S/C14H20N2OS/c1-11(15)9-13(17)16-10-14(7-8-14)18-12-5-3-2-4-6-12/h2-6,11H,7-10,15H2,1H3,(H,16,17). The highest BCUT2D eigenvalue weighted by atomic mass is 32.2. The molecule has 1 aliphatic carbocycles. The Labute approximate surface area is 113 Å². The first-order valence-corrected chi connectivity index (χ1v) is 7.18. The maximum Gasteiger partial charge on any atom is 0.221 e. The van der Waals surface area contributed by atoms with Gasteiger partial charge in [0.15, 0.2) is 0 Å². The molecule has 0 aliphatic heterocycles. The molecule has 1 aromatic rings. The minimum Gasteiger partial charge on any atom is -0.355 e. The summed E-state index contributed by atoms with van der Waals surface area (Å²) in [4.78, 5) is 12.9. The predicted octanol–water partition coefficient (Wildman–Crippen LogP) is 2.16. The zero-order valence-corrected chi connectivity index (χ0v) is 11.5. The van der Waals surface area contributed by atoms with Crippen molar-refractivity contribution in [2.24, 2.45) is 5.73 Å². The third-order valence-corrected chi connectivity index (χ3v) is 4.49. The van der Waals surface area contributed by atoms with Crippen molar-refractivity contribution >= 4 is 17.7 Å². The van der Waals surface area contributed by atoms with Crippen LogP contribution in [0.4, 0.5) is 0 Å². The summed E-state index contributed by atoms with van der Waals surface area (Å²) in [6.07, 6.45) is 2.75. The second-order valence-electron chi connectivity index (χ2n) is 5.06. The maximum atomic E-state index is 11.6. The molecule has 0 heterocycles. The van der Waals surface area contributed by atoms with E-state index in [9.17, 15) is 4.79 Å². The molecule has 0 spiro atoms. The van der Waals surface area contributed by atoms with E-state index in [-0.39, 0.29) is 16.7 Å². The Balaban J connectivity index is 1.80. The fraction of sp³-hybridized carbons (Fsp3) is 0.500. The molecule has 2 rings (SSSR count). The topological polar surface area (TPSA) is 55.1 Å². The van der Waals surface area contributed by atoms with Crippen LogP contribution in [0.15, 0.2) is 35.2 Å². The lowest BCUT2D eigenvalue weighted by Gasteiger charge is -2.16. The zero-order valence-electron chi connectivity index (χ0n) is 10.7. The van der Waals surface area contributed by atoms with Gasteiger partial charge in [0.1, 0.15) is 0 Å². The molecule has 1 unspecified atom stereocenters. The number of amides is 1. The number of nitrogens with two attached hydrogens (primary N) is 1. The van der Waals surface area contributed by atoms with E-state index >= 15 is 0 Å². The van der Waals surface area contributed by atoms with Crippen LogP contribution in [-0.2, 0) is 4.79 Å². The molecule has 1 atom stereocenters. The highest BCUT2D eigenvalue weighted by Gasteiger charge is 2.43. The highest BCUT2D eigenvalue weighted by Crippen LogP contribution is 2.51. The first-order valence-electron chi connectivity index (χ1n) is 6.36. The Bertz CT molecular complexity index is 402. The summed E-state index contributed by atoms with van der Waals surface area (Å²) in [5, 5.41) is 3.00. The van der Waals surface area contributed by atoms with Crippen LogP contribution >= 0.6 is 11.8 Å². The van der Waals surface area contributed by atoms with E-state index in [1.54, 1.807) is 0 Å². The lowest BCUT2D eigenvalue weighted by atomic mass is 10.2. The Kier molecular flexibility index (Phi) is 4.30. The summed E-state index contributed by atoms with van der Waals surface area (Å²) in [5.74, 6) is 0.0601.